The standard InChI is InChI=1S/C13H18N2OS.C3H8.C2H6/c1-3-15(4-2)9-10-16-13-7-5-12(6-8-13)14-11-17;1-3-2;1-2/h5-8H,3-4,9-10H2,1-2H3;3H2,1-2H3;1-2H3. The van der Waals surface area contributed by atoms with Gasteiger partial charge in [-0.2, -0.15) is 4.99 Å². The van der Waals surface area contributed by atoms with Crippen molar-refractivity contribution in [2.45, 2.75) is 48.0 Å². The Kier molecular flexibility index (Phi) is 18.7. The topological polar surface area (TPSA) is 24.8 Å². The van der Waals surface area contributed by atoms with Gasteiger partial charge in [-0.1, -0.05) is 48.0 Å². The molecule has 0 spiro atoms. The zero-order chi connectivity index (χ0) is 17.2. The van der Waals surface area contributed by atoms with E-state index in [2.05, 4.69) is 55.0 Å². The van der Waals surface area contributed by atoms with E-state index in [1.165, 1.54) is 6.42 Å². The maximum absolute atomic E-state index is 5.64. The maximum Gasteiger partial charge on any atom is 0.119 e. The first kappa shape index (κ1) is 23.1. The SMILES string of the molecule is CC.CCC.CCN(CC)CCOc1ccc(N=C=S)cc1. The van der Waals surface area contributed by atoms with Gasteiger partial charge in [-0.05, 0) is 49.6 Å². The molecule has 0 saturated heterocycles. The molecule has 0 N–H and O–H groups in total. The molecule has 1 aromatic carbocycles. The molecule has 0 bridgehead atoms. The van der Waals surface area contributed by atoms with Crippen molar-refractivity contribution in [2.24, 2.45) is 4.99 Å². The van der Waals surface area contributed by atoms with E-state index in [1.54, 1.807) is 0 Å². The Balaban J connectivity index is 0. The lowest BCUT2D eigenvalue weighted by molar-refractivity contribution is 0.223. The van der Waals surface area contributed by atoms with Crippen molar-refractivity contribution in [3.8, 4) is 5.75 Å². The van der Waals surface area contributed by atoms with Crippen molar-refractivity contribution in [1.82, 2.24) is 4.90 Å². The van der Waals surface area contributed by atoms with Gasteiger partial charge in [0.15, 0.2) is 0 Å². The molecule has 1 aromatic rings. The first-order valence-corrected chi connectivity index (χ1v) is 8.65. The lowest BCUT2D eigenvalue weighted by Gasteiger charge is -2.17. The van der Waals surface area contributed by atoms with Crippen molar-refractivity contribution >= 4 is 23.1 Å². The van der Waals surface area contributed by atoms with Crippen LogP contribution in [-0.4, -0.2) is 36.3 Å². The number of benzene rings is 1. The van der Waals surface area contributed by atoms with Crippen LogP contribution in [0.5, 0.6) is 5.75 Å². The van der Waals surface area contributed by atoms with Gasteiger partial charge in [0.05, 0.1) is 10.8 Å². The van der Waals surface area contributed by atoms with E-state index in [0.29, 0.717) is 6.61 Å². The zero-order valence-corrected chi connectivity index (χ0v) is 15.9. The van der Waals surface area contributed by atoms with Crippen LogP contribution in [-0.2, 0) is 0 Å². The summed E-state index contributed by atoms with van der Waals surface area (Å²) in [6.07, 6.45) is 1.25. The first-order chi connectivity index (χ1) is 10.7. The highest BCUT2D eigenvalue weighted by Crippen LogP contribution is 2.17. The molecule has 22 heavy (non-hydrogen) atoms. The second kappa shape index (κ2) is 17.8. The average Bonchev–Trinajstić information content (AvgIpc) is 2.56. The third-order valence-corrected chi connectivity index (χ3v) is 2.67. The van der Waals surface area contributed by atoms with Crippen molar-refractivity contribution in [3.63, 3.8) is 0 Å². The molecule has 0 amide bonds. The van der Waals surface area contributed by atoms with E-state index in [0.717, 1.165) is 31.1 Å². The minimum absolute atomic E-state index is 0.706. The molecule has 4 heteroatoms. The number of rotatable bonds is 7. The molecular formula is C18H32N2OS. The molecule has 0 atom stereocenters. The average molecular weight is 325 g/mol. The van der Waals surface area contributed by atoms with Gasteiger partial charge in [0, 0.05) is 6.54 Å². The minimum Gasteiger partial charge on any atom is -0.492 e. The molecule has 0 aliphatic carbocycles. The Morgan fingerprint density at radius 1 is 1.05 bits per heavy atom. The summed E-state index contributed by atoms with van der Waals surface area (Å²) in [4.78, 5) is 6.21. The number of isothiocyanates is 1. The van der Waals surface area contributed by atoms with Gasteiger partial charge in [-0.25, -0.2) is 0 Å². The van der Waals surface area contributed by atoms with Crippen LogP contribution in [0.15, 0.2) is 29.3 Å². The van der Waals surface area contributed by atoms with Crippen LogP contribution in [0, 0.1) is 0 Å². The number of ether oxygens (including phenoxy) is 1. The van der Waals surface area contributed by atoms with E-state index in [4.69, 9.17) is 4.74 Å². The molecule has 0 saturated carbocycles. The molecule has 126 valence electrons. The lowest BCUT2D eigenvalue weighted by atomic mass is 10.3. The van der Waals surface area contributed by atoms with Crippen molar-refractivity contribution in [2.75, 3.05) is 26.2 Å². The van der Waals surface area contributed by atoms with Gasteiger partial charge >= 0.3 is 0 Å². The van der Waals surface area contributed by atoms with Crippen LogP contribution in [0.3, 0.4) is 0 Å². The van der Waals surface area contributed by atoms with Gasteiger partial charge in [0.2, 0.25) is 0 Å². The summed E-state index contributed by atoms with van der Waals surface area (Å²) in [5.74, 6) is 0.862. The van der Waals surface area contributed by atoms with Crippen LogP contribution in [0.25, 0.3) is 0 Å². The quantitative estimate of drug-likeness (QED) is 0.483. The summed E-state index contributed by atoms with van der Waals surface area (Å²) in [6.45, 7) is 16.3. The molecule has 0 radical (unpaired) electrons. The number of hydrogen-bond acceptors (Lipinski definition) is 4. The molecule has 0 aliphatic heterocycles. The van der Waals surface area contributed by atoms with Gasteiger partial charge in [-0.3, -0.25) is 0 Å². The van der Waals surface area contributed by atoms with Crippen molar-refractivity contribution < 1.29 is 4.74 Å². The number of likely N-dealkylation sites (N-methyl/N-ethyl adjacent to an activating group) is 1. The van der Waals surface area contributed by atoms with Crippen LogP contribution < -0.4 is 4.74 Å². The Labute approximate surface area is 142 Å². The van der Waals surface area contributed by atoms with Crippen LogP contribution in [0.1, 0.15) is 48.0 Å². The Morgan fingerprint density at radius 2 is 1.55 bits per heavy atom. The Hall–Kier alpha value is -1.22. The largest absolute Gasteiger partial charge is 0.492 e. The first-order valence-electron chi connectivity index (χ1n) is 8.24. The number of aliphatic imine (C=N–C) groups is 1. The number of hydrogen-bond donors (Lipinski definition) is 0. The second-order valence-corrected chi connectivity index (χ2v) is 4.46. The Morgan fingerprint density at radius 3 is 1.95 bits per heavy atom. The predicted octanol–water partition coefficient (Wildman–Crippen LogP) is 5.58. The summed E-state index contributed by atoms with van der Waals surface area (Å²) in [6, 6.07) is 7.53. The van der Waals surface area contributed by atoms with E-state index in [9.17, 15) is 0 Å². The molecular weight excluding hydrogens is 292 g/mol. The molecule has 0 aromatic heterocycles. The summed E-state index contributed by atoms with van der Waals surface area (Å²) >= 11 is 4.54. The van der Waals surface area contributed by atoms with Gasteiger partial charge in [-0.15, -0.1) is 0 Å². The summed E-state index contributed by atoms with van der Waals surface area (Å²) in [5, 5.41) is 2.34. The molecule has 0 fully saturated rings. The number of thiocarbonyl (C=S) groups is 1. The van der Waals surface area contributed by atoms with Gasteiger partial charge in [0.1, 0.15) is 12.4 Å². The third kappa shape index (κ3) is 12.5. The third-order valence-electron chi connectivity index (χ3n) is 2.58. The highest BCUT2D eigenvalue weighted by atomic mass is 32.1. The fraction of sp³-hybridized carbons (Fsp3) is 0.611. The second-order valence-electron chi connectivity index (χ2n) is 4.28. The molecule has 1 rings (SSSR count). The molecule has 0 aliphatic rings. The molecule has 0 unspecified atom stereocenters. The van der Waals surface area contributed by atoms with E-state index < -0.39 is 0 Å². The van der Waals surface area contributed by atoms with Crippen LogP contribution in [0.2, 0.25) is 0 Å². The monoisotopic (exact) mass is 324 g/mol. The Bertz CT molecular complexity index is 383. The van der Waals surface area contributed by atoms with Crippen molar-refractivity contribution in [3.05, 3.63) is 24.3 Å². The highest BCUT2D eigenvalue weighted by molar-refractivity contribution is 7.78. The summed E-state index contributed by atoms with van der Waals surface area (Å²) in [5.41, 5.74) is 0.802. The lowest BCUT2D eigenvalue weighted by Crippen LogP contribution is -2.27. The summed E-state index contributed by atoms with van der Waals surface area (Å²) < 4.78 is 5.64. The normalized spacial score (nSPS) is 8.86. The minimum atomic E-state index is 0.706. The van der Waals surface area contributed by atoms with E-state index >= 15 is 0 Å². The van der Waals surface area contributed by atoms with Crippen LogP contribution >= 0.6 is 12.2 Å². The smallest absolute Gasteiger partial charge is 0.119 e. The molecule has 3 nitrogen and oxygen atoms in total. The highest BCUT2D eigenvalue weighted by Gasteiger charge is 1.99. The van der Waals surface area contributed by atoms with Crippen LogP contribution in [0.4, 0.5) is 5.69 Å². The van der Waals surface area contributed by atoms with E-state index in [-0.39, 0.29) is 0 Å². The van der Waals surface area contributed by atoms with Gasteiger partial charge < -0.3 is 9.64 Å². The predicted molar refractivity (Wildman–Crippen MR) is 102 cm³/mol. The zero-order valence-electron chi connectivity index (χ0n) is 15.1. The van der Waals surface area contributed by atoms with Crippen molar-refractivity contribution in [1.29, 1.82) is 0 Å². The maximum atomic E-state index is 5.64. The number of nitrogens with zero attached hydrogens (tertiary/aromatic N) is 2. The van der Waals surface area contributed by atoms with E-state index in [1.807, 2.05) is 38.1 Å². The van der Waals surface area contributed by atoms with Gasteiger partial charge in [0.25, 0.3) is 0 Å². The fourth-order valence-electron chi connectivity index (χ4n) is 1.50. The fourth-order valence-corrected chi connectivity index (χ4v) is 1.61. The summed E-state index contributed by atoms with van der Waals surface area (Å²) in [7, 11) is 0. The molecule has 0 heterocycles.